The summed E-state index contributed by atoms with van der Waals surface area (Å²) in [7, 11) is 0. The highest BCUT2D eigenvalue weighted by Crippen LogP contribution is 2.64. The van der Waals surface area contributed by atoms with E-state index in [0.717, 1.165) is 31.0 Å². The number of ether oxygens (including phenoxy) is 1. The fourth-order valence-corrected chi connectivity index (χ4v) is 7.40. The van der Waals surface area contributed by atoms with Gasteiger partial charge in [-0.15, -0.1) is 0 Å². The Morgan fingerprint density at radius 1 is 1.23 bits per heavy atom. The molecule has 1 aromatic heterocycles. The number of aromatic nitrogens is 1. The average Bonchev–Trinajstić information content (AvgIpc) is 3.10. The summed E-state index contributed by atoms with van der Waals surface area (Å²) in [6.07, 6.45) is 9.69. The first-order valence-electron chi connectivity index (χ1n) is 11.9. The van der Waals surface area contributed by atoms with E-state index < -0.39 is 0 Å². The zero-order valence-corrected chi connectivity index (χ0v) is 18.6. The van der Waals surface area contributed by atoms with Crippen molar-refractivity contribution in [2.75, 3.05) is 6.61 Å². The summed E-state index contributed by atoms with van der Waals surface area (Å²) in [5.41, 5.74) is 3.84. The molecule has 6 unspecified atom stereocenters. The van der Waals surface area contributed by atoms with Crippen LogP contribution in [0.3, 0.4) is 0 Å². The molecule has 3 aliphatic carbocycles. The third-order valence-electron chi connectivity index (χ3n) is 8.87. The topological polar surface area (TPSA) is 59.4 Å². The van der Waals surface area contributed by atoms with Gasteiger partial charge in [0.15, 0.2) is 6.29 Å². The minimum atomic E-state index is 0.391. The van der Waals surface area contributed by atoms with Crippen molar-refractivity contribution < 1.29 is 14.6 Å². The summed E-state index contributed by atoms with van der Waals surface area (Å²) >= 11 is 0. The van der Waals surface area contributed by atoms with Crippen molar-refractivity contribution in [2.45, 2.75) is 58.3 Å². The van der Waals surface area contributed by atoms with E-state index in [0.29, 0.717) is 47.0 Å². The van der Waals surface area contributed by atoms with Crippen LogP contribution in [0.5, 0.6) is 11.6 Å². The summed E-state index contributed by atoms with van der Waals surface area (Å²) in [6, 6.07) is 9.61. The lowest BCUT2D eigenvalue weighted by atomic mass is 9.51. The number of aromatic hydroxyl groups is 1. The molecule has 2 aromatic rings. The number of pyridine rings is 1. The van der Waals surface area contributed by atoms with Gasteiger partial charge in [-0.1, -0.05) is 19.9 Å². The Morgan fingerprint density at radius 2 is 2.10 bits per heavy atom. The Kier molecular flexibility index (Phi) is 5.27. The highest BCUT2D eigenvalue weighted by molar-refractivity contribution is 5.73. The molecule has 1 aromatic carbocycles. The number of fused-ring (bicyclic) bond motifs is 5. The van der Waals surface area contributed by atoms with Gasteiger partial charge in [-0.2, -0.15) is 0 Å². The Morgan fingerprint density at radius 3 is 2.87 bits per heavy atom. The summed E-state index contributed by atoms with van der Waals surface area (Å²) in [4.78, 5) is 15.0. The van der Waals surface area contributed by atoms with E-state index in [9.17, 15) is 9.90 Å². The molecule has 0 saturated heterocycles. The lowest BCUT2D eigenvalue weighted by molar-refractivity contribution is 0.000806. The molecule has 4 nitrogen and oxygen atoms in total. The molecule has 6 atom stereocenters. The molecule has 0 bridgehead atoms. The van der Waals surface area contributed by atoms with Crippen molar-refractivity contribution in [1.82, 2.24) is 4.98 Å². The quantitative estimate of drug-likeness (QED) is 0.624. The maximum Gasteiger partial charge on any atom is 0.213 e. The SMILES string of the molecule is CC1Cc2cc(O)ccc2C2CCC3(C)C(CCOc4ccc(C=O)cn4)CCC3C12. The smallest absolute Gasteiger partial charge is 0.213 e. The van der Waals surface area contributed by atoms with Crippen LogP contribution >= 0.6 is 0 Å². The van der Waals surface area contributed by atoms with Gasteiger partial charge >= 0.3 is 0 Å². The van der Waals surface area contributed by atoms with Crippen LogP contribution in [0.2, 0.25) is 0 Å². The number of hydrogen-bond acceptors (Lipinski definition) is 4. The van der Waals surface area contributed by atoms with Gasteiger partial charge in [-0.05, 0) is 103 Å². The van der Waals surface area contributed by atoms with Gasteiger partial charge in [-0.25, -0.2) is 4.98 Å². The van der Waals surface area contributed by atoms with Crippen molar-refractivity contribution in [3.05, 3.63) is 53.2 Å². The number of hydrogen-bond donors (Lipinski definition) is 1. The highest BCUT2D eigenvalue weighted by Gasteiger charge is 2.55. The zero-order valence-electron chi connectivity index (χ0n) is 18.6. The molecule has 31 heavy (non-hydrogen) atoms. The maximum atomic E-state index is 10.8. The van der Waals surface area contributed by atoms with Gasteiger partial charge in [0, 0.05) is 17.8 Å². The van der Waals surface area contributed by atoms with Crippen LogP contribution in [0.15, 0.2) is 36.5 Å². The lowest BCUT2D eigenvalue weighted by Crippen LogP contribution is -2.45. The van der Waals surface area contributed by atoms with E-state index >= 15 is 0 Å². The van der Waals surface area contributed by atoms with Crippen molar-refractivity contribution in [2.24, 2.45) is 29.1 Å². The first-order valence-corrected chi connectivity index (χ1v) is 11.9. The largest absolute Gasteiger partial charge is 0.508 e. The van der Waals surface area contributed by atoms with Gasteiger partial charge in [0.25, 0.3) is 0 Å². The third-order valence-corrected chi connectivity index (χ3v) is 8.87. The predicted octanol–water partition coefficient (Wildman–Crippen LogP) is 5.79. The normalized spacial score (nSPS) is 33.8. The molecule has 3 aliphatic rings. The number of carbonyl (C=O) groups excluding carboxylic acids is 1. The number of nitrogens with zero attached hydrogens (tertiary/aromatic N) is 1. The molecule has 164 valence electrons. The van der Waals surface area contributed by atoms with Crippen LogP contribution in [0.4, 0.5) is 0 Å². The molecule has 1 heterocycles. The second-order valence-corrected chi connectivity index (χ2v) is 10.4. The maximum absolute atomic E-state index is 10.8. The van der Waals surface area contributed by atoms with Crippen molar-refractivity contribution >= 4 is 6.29 Å². The second-order valence-electron chi connectivity index (χ2n) is 10.4. The number of rotatable bonds is 5. The fraction of sp³-hybridized carbons (Fsp3) is 0.556. The van der Waals surface area contributed by atoms with Crippen LogP contribution in [0.1, 0.15) is 73.4 Å². The predicted molar refractivity (Wildman–Crippen MR) is 120 cm³/mol. The molecular weight excluding hydrogens is 386 g/mol. The van der Waals surface area contributed by atoms with Gasteiger partial charge in [0.1, 0.15) is 5.75 Å². The molecule has 1 N–H and O–H groups in total. The van der Waals surface area contributed by atoms with Crippen LogP contribution in [0.25, 0.3) is 0 Å². The Balaban J connectivity index is 1.28. The average molecular weight is 420 g/mol. The molecular formula is C27H33NO3. The minimum Gasteiger partial charge on any atom is -0.508 e. The van der Waals surface area contributed by atoms with Gasteiger partial charge in [0.05, 0.1) is 6.61 Å². The molecule has 0 spiro atoms. The van der Waals surface area contributed by atoms with Crippen LogP contribution in [0, 0.1) is 29.1 Å². The first kappa shape index (κ1) is 20.5. The Bertz CT molecular complexity index is 955. The molecule has 4 heteroatoms. The second kappa shape index (κ2) is 7.96. The van der Waals surface area contributed by atoms with E-state index in [-0.39, 0.29) is 0 Å². The molecule has 5 rings (SSSR count). The molecule has 0 aliphatic heterocycles. The highest BCUT2D eigenvalue weighted by atomic mass is 16.5. The number of phenolic OH excluding ortho intramolecular Hbond substituents is 1. The first-order chi connectivity index (χ1) is 15.0. The zero-order chi connectivity index (χ0) is 21.6. The van der Waals surface area contributed by atoms with Crippen molar-refractivity contribution in [3.8, 4) is 11.6 Å². The van der Waals surface area contributed by atoms with E-state index in [1.807, 2.05) is 12.1 Å². The van der Waals surface area contributed by atoms with Crippen LogP contribution < -0.4 is 4.74 Å². The van der Waals surface area contributed by atoms with Gasteiger partial charge < -0.3 is 9.84 Å². The lowest BCUT2D eigenvalue weighted by Gasteiger charge is -2.53. The molecule has 2 saturated carbocycles. The summed E-state index contributed by atoms with van der Waals surface area (Å²) < 4.78 is 5.93. The summed E-state index contributed by atoms with van der Waals surface area (Å²) in [5, 5.41) is 9.96. The van der Waals surface area contributed by atoms with Crippen molar-refractivity contribution in [3.63, 3.8) is 0 Å². The number of benzene rings is 1. The third kappa shape index (κ3) is 3.54. The van der Waals surface area contributed by atoms with Crippen molar-refractivity contribution in [1.29, 1.82) is 0 Å². The standard InChI is InChI=1S/C27H33NO3/c1-17-13-19-14-21(30)5-6-22(19)23-9-11-27(2)20(4-7-24(27)26(17)23)10-12-31-25-8-3-18(16-29)15-28-25/h3,5-6,8,14-17,20,23-24,26,30H,4,7,9-13H2,1-2H3. The molecule has 0 radical (unpaired) electrons. The fourth-order valence-electron chi connectivity index (χ4n) is 7.40. The van der Waals surface area contributed by atoms with E-state index in [2.05, 4.69) is 24.9 Å². The number of carbonyl (C=O) groups is 1. The van der Waals surface area contributed by atoms with E-state index in [1.165, 1.54) is 36.8 Å². The van der Waals surface area contributed by atoms with E-state index in [1.54, 1.807) is 18.3 Å². The number of phenols is 1. The Hall–Kier alpha value is -2.36. The van der Waals surface area contributed by atoms with Crippen LogP contribution in [-0.4, -0.2) is 23.0 Å². The van der Waals surface area contributed by atoms with E-state index in [4.69, 9.17) is 4.74 Å². The van der Waals surface area contributed by atoms with Gasteiger partial charge in [0.2, 0.25) is 5.88 Å². The van der Waals surface area contributed by atoms with Crippen LogP contribution in [-0.2, 0) is 6.42 Å². The monoisotopic (exact) mass is 419 g/mol. The van der Waals surface area contributed by atoms with Gasteiger partial charge in [-0.3, -0.25) is 4.79 Å². The molecule has 0 amide bonds. The number of aldehydes is 1. The molecule has 2 fully saturated rings. The summed E-state index contributed by atoms with van der Waals surface area (Å²) in [6.45, 7) is 5.66. The Labute approximate surface area is 185 Å². The summed E-state index contributed by atoms with van der Waals surface area (Å²) in [5.74, 6) is 4.54. The minimum absolute atomic E-state index is 0.391.